The normalized spacial score (nSPS) is 16.5. The lowest BCUT2D eigenvalue weighted by Gasteiger charge is -2.21. The Hall–Kier alpha value is -0.920. The van der Waals surface area contributed by atoms with Crippen LogP contribution in [0.15, 0.2) is 41.8 Å². The highest BCUT2D eigenvalue weighted by atomic mass is 127. The average Bonchev–Trinajstić information content (AvgIpc) is 2.94. The van der Waals surface area contributed by atoms with Crippen LogP contribution in [0.1, 0.15) is 21.7 Å². The standard InChI is InChI=1S/C17H19IN2OS/c18-15-5-1-4-14(12-15)13-19-7-3-8-20(10-9-19)17(21)16-6-2-11-22-16/h1-2,4-6,11-12H,3,7-10,13H2. The number of carbonyl (C=O) groups is 1. The van der Waals surface area contributed by atoms with Gasteiger partial charge in [-0.05, 0) is 58.2 Å². The number of thiophene rings is 1. The van der Waals surface area contributed by atoms with E-state index in [0.29, 0.717) is 0 Å². The lowest BCUT2D eigenvalue weighted by molar-refractivity contribution is 0.0766. The maximum atomic E-state index is 12.4. The SMILES string of the molecule is O=C(c1cccs1)N1CCCN(Cc2cccc(I)c2)CC1. The minimum absolute atomic E-state index is 0.186. The van der Waals surface area contributed by atoms with Crippen LogP contribution in [-0.2, 0) is 6.54 Å². The maximum Gasteiger partial charge on any atom is 0.263 e. The minimum Gasteiger partial charge on any atom is -0.337 e. The van der Waals surface area contributed by atoms with Gasteiger partial charge in [0.15, 0.2) is 0 Å². The molecule has 0 aliphatic carbocycles. The molecule has 1 saturated heterocycles. The van der Waals surface area contributed by atoms with Crippen LogP contribution in [0.25, 0.3) is 0 Å². The van der Waals surface area contributed by atoms with Crippen molar-refractivity contribution < 1.29 is 4.79 Å². The van der Waals surface area contributed by atoms with Crippen LogP contribution in [0.5, 0.6) is 0 Å². The number of halogens is 1. The van der Waals surface area contributed by atoms with Gasteiger partial charge < -0.3 is 4.90 Å². The van der Waals surface area contributed by atoms with Crippen molar-refractivity contribution in [1.82, 2.24) is 9.80 Å². The molecule has 0 radical (unpaired) electrons. The van der Waals surface area contributed by atoms with Crippen molar-refractivity contribution in [2.45, 2.75) is 13.0 Å². The Morgan fingerprint density at radius 3 is 2.82 bits per heavy atom. The van der Waals surface area contributed by atoms with Crippen LogP contribution >= 0.6 is 33.9 Å². The molecule has 1 aliphatic rings. The number of hydrogen-bond acceptors (Lipinski definition) is 3. The highest BCUT2D eigenvalue weighted by molar-refractivity contribution is 14.1. The van der Waals surface area contributed by atoms with Gasteiger partial charge in [-0.15, -0.1) is 11.3 Å². The van der Waals surface area contributed by atoms with Crippen molar-refractivity contribution in [2.24, 2.45) is 0 Å². The van der Waals surface area contributed by atoms with E-state index in [1.807, 2.05) is 22.4 Å². The first-order chi connectivity index (χ1) is 10.7. The summed E-state index contributed by atoms with van der Waals surface area (Å²) >= 11 is 3.89. The molecule has 5 heteroatoms. The van der Waals surface area contributed by atoms with E-state index in [1.54, 1.807) is 0 Å². The molecule has 0 N–H and O–H groups in total. The van der Waals surface area contributed by atoms with Gasteiger partial charge in [0, 0.05) is 36.3 Å². The second-order valence-corrected chi connectivity index (χ2v) is 7.72. The van der Waals surface area contributed by atoms with Crippen molar-refractivity contribution >= 4 is 39.8 Å². The van der Waals surface area contributed by atoms with Gasteiger partial charge in [-0.25, -0.2) is 0 Å². The lowest BCUT2D eigenvalue weighted by atomic mass is 10.2. The zero-order valence-electron chi connectivity index (χ0n) is 12.4. The highest BCUT2D eigenvalue weighted by Gasteiger charge is 2.20. The first-order valence-corrected chi connectivity index (χ1v) is 9.48. The third-order valence-corrected chi connectivity index (χ3v) is 5.43. The lowest BCUT2D eigenvalue weighted by Crippen LogP contribution is -2.34. The van der Waals surface area contributed by atoms with Crippen molar-refractivity contribution in [3.63, 3.8) is 0 Å². The zero-order chi connectivity index (χ0) is 15.4. The summed E-state index contributed by atoms with van der Waals surface area (Å²) in [6.07, 6.45) is 1.04. The molecule has 116 valence electrons. The summed E-state index contributed by atoms with van der Waals surface area (Å²) in [5.74, 6) is 0.186. The number of nitrogens with zero attached hydrogens (tertiary/aromatic N) is 2. The summed E-state index contributed by atoms with van der Waals surface area (Å²) in [4.78, 5) is 17.7. The molecule has 0 saturated carbocycles. The van der Waals surface area contributed by atoms with Crippen molar-refractivity contribution in [3.8, 4) is 0 Å². The molecule has 0 atom stereocenters. The number of benzene rings is 1. The Labute approximate surface area is 149 Å². The molecule has 1 amide bonds. The van der Waals surface area contributed by atoms with E-state index < -0.39 is 0 Å². The minimum atomic E-state index is 0.186. The summed E-state index contributed by atoms with van der Waals surface area (Å²) < 4.78 is 1.28. The van der Waals surface area contributed by atoms with Gasteiger partial charge in [0.1, 0.15) is 0 Å². The van der Waals surface area contributed by atoms with Crippen molar-refractivity contribution in [2.75, 3.05) is 26.2 Å². The number of rotatable bonds is 3. The predicted octanol–water partition coefficient (Wildman–Crippen LogP) is 3.70. The van der Waals surface area contributed by atoms with Gasteiger partial charge in [-0.3, -0.25) is 9.69 Å². The second kappa shape index (κ2) is 7.57. The van der Waals surface area contributed by atoms with Crippen LogP contribution in [-0.4, -0.2) is 41.9 Å². The number of amides is 1. The van der Waals surface area contributed by atoms with Gasteiger partial charge in [0.25, 0.3) is 5.91 Å². The molecule has 2 aromatic rings. The summed E-state index contributed by atoms with van der Waals surface area (Å²) in [5, 5.41) is 1.97. The predicted molar refractivity (Wildman–Crippen MR) is 99.3 cm³/mol. The van der Waals surface area contributed by atoms with E-state index in [4.69, 9.17) is 0 Å². The summed E-state index contributed by atoms with van der Waals surface area (Å²) in [5.41, 5.74) is 1.35. The van der Waals surface area contributed by atoms with E-state index in [9.17, 15) is 4.79 Å². The number of carbonyl (C=O) groups excluding carboxylic acids is 1. The van der Waals surface area contributed by atoms with Crippen LogP contribution in [0.3, 0.4) is 0 Å². The molecule has 1 aromatic carbocycles. The van der Waals surface area contributed by atoms with E-state index in [2.05, 4.69) is 51.8 Å². The van der Waals surface area contributed by atoms with E-state index in [0.717, 1.165) is 44.0 Å². The Balaban J connectivity index is 1.59. The van der Waals surface area contributed by atoms with Gasteiger partial charge in [-0.1, -0.05) is 18.2 Å². The molecule has 1 aliphatic heterocycles. The molecule has 22 heavy (non-hydrogen) atoms. The fourth-order valence-electron chi connectivity index (χ4n) is 2.78. The molecule has 2 heterocycles. The molecule has 3 rings (SSSR count). The van der Waals surface area contributed by atoms with Crippen LogP contribution < -0.4 is 0 Å². The highest BCUT2D eigenvalue weighted by Crippen LogP contribution is 2.16. The van der Waals surface area contributed by atoms with Gasteiger partial charge in [0.05, 0.1) is 4.88 Å². The Morgan fingerprint density at radius 1 is 1.14 bits per heavy atom. The molecule has 0 spiro atoms. The Morgan fingerprint density at radius 2 is 2.05 bits per heavy atom. The van der Waals surface area contributed by atoms with Crippen molar-refractivity contribution in [3.05, 3.63) is 55.8 Å². The first kappa shape index (κ1) is 16.0. The average molecular weight is 426 g/mol. The third-order valence-electron chi connectivity index (χ3n) is 3.90. The molecule has 0 bridgehead atoms. The van der Waals surface area contributed by atoms with Gasteiger partial charge in [-0.2, -0.15) is 0 Å². The van der Waals surface area contributed by atoms with E-state index >= 15 is 0 Å². The van der Waals surface area contributed by atoms with Crippen LogP contribution in [0.4, 0.5) is 0 Å². The quantitative estimate of drug-likeness (QED) is 0.699. The molecule has 0 unspecified atom stereocenters. The topological polar surface area (TPSA) is 23.6 Å². The summed E-state index contributed by atoms with van der Waals surface area (Å²) in [6.45, 7) is 4.65. The summed E-state index contributed by atoms with van der Waals surface area (Å²) in [7, 11) is 0. The molecular weight excluding hydrogens is 407 g/mol. The van der Waals surface area contributed by atoms with Crippen LogP contribution in [0.2, 0.25) is 0 Å². The first-order valence-electron chi connectivity index (χ1n) is 7.52. The largest absolute Gasteiger partial charge is 0.337 e. The Bertz CT molecular complexity index is 629. The molecular formula is C17H19IN2OS. The maximum absolute atomic E-state index is 12.4. The summed E-state index contributed by atoms with van der Waals surface area (Å²) in [6, 6.07) is 12.5. The van der Waals surface area contributed by atoms with Gasteiger partial charge >= 0.3 is 0 Å². The fraction of sp³-hybridized carbons (Fsp3) is 0.353. The van der Waals surface area contributed by atoms with Crippen molar-refractivity contribution in [1.29, 1.82) is 0 Å². The monoisotopic (exact) mass is 426 g/mol. The van der Waals surface area contributed by atoms with E-state index in [-0.39, 0.29) is 5.91 Å². The van der Waals surface area contributed by atoms with E-state index in [1.165, 1.54) is 20.5 Å². The third kappa shape index (κ3) is 4.08. The smallest absolute Gasteiger partial charge is 0.263 e. The fourth-order valence-corrected chi connectivity index (χ4v) is 4.08. The zero-order valence-corrected chi connectivity index (χ0v) is 15.3. The van der Waals surface area contributed by atoms with Crippen LogP contribution in [0, 0.1) is 3.57 Å². The second-order valence-electron chi connectivity index (χ2n) is 5.53. The molecule has 1 fully saturated rings. The van der Waals surface area contributed by atoms with Gasteiger partial charge in [0.2, 0.25) is 0 Å². The number of hydrogen-bond donors (Lipinski definition) is 0. The Kier molecular flexibility index (Phi) is 5.49. The molecule has 3 nitrogen and oxygen atoms in total. The molecule has 1 aromatic heterocycles.